The number of rotatable bonds is 6. The first-order valence-electron chi connectivity index (χ1n) is 21.3. The van der Waals surface area contributed by atoms with Crippen LogP contribution in [0.3, 0.4) is 0 Å². The van der Waals surface area contributed by atoms with E-state index in [1.807, 2.05) is 18.2 Å². The van der Waals surface area contributed by atoms with Crippen LogP contribution in [-0.2, 0) is 0 Å². The summed E-state index contributed by atoms with van der Waals surface area (Å²) in [4.78, 5) is 16.6. The van der Waals surface area contributed by atoms with Gasteiger partial charge in [-0.25, -0.2) is 4.98 Å². The Kier molecular flexibility index (Phi) is 7.80. The second-order valence-corrected chi connectivity index (χ2v) is 16.0. The molecule has 0 amide bonds. The van der Waals surface area contributed by atoms with Gasteiger partial charge in [0, 0.05) is 43.4 Å². The van der Waals surface area contributed by atoms with Crippen molar-refractivity contribution < 1.29 is 0 Å². The summed E-state index contributed by atoms with van der Waals surface area (Å²) in [7, 11) is 0. The maximum atomic E-state index is 5.68. The number of aromatic nitrogens is 6. The molecule has 0 N–H and O–H groups in total. The molecule has 4 aromatic heterocycles. The summed E-state index contributed by atoms with van der Waals surface area (Å²) in [6.07, 6.45) is 0. The van der Waals surface area contributed by atoms with Gasteiger partial charge in [-0.05, 0) is 48.0 Å². The summed E-state index contributed by atoms with van der Waals surface area (Å²) >= 11 is 0. The molecule has 6 heteroatoms. The molecule has 6 nitrogen and oxygen atoms in total. The van der Waals surface area contributed by atoms with E-state index in [2.05, 4.69) is 214 Å². The summed E-state index contributed by atoms with van der Waals surface area (Å²) in [5, 5.41) is 6.98. The molecule has 0 atom stereocenters. The molecule has 0 fully saturated rings. The fraction of sp³-hybridized carbons (Fsp3) is 0. The zero-order valence-electron chi connectivity index (χ0n) is 34.0. The third-order valence-corrected chi connectivity index (χ3v) is 12.5. The summed E-state index contributed by atoms with van der Waals surface area (Å²) in [6, 6.07) is 77.4. The molecule has 13 rings (SSSR count). The first-order chi connectivity index (χ1) is 31.3. The fourth-order valence-corrected chi connectivity index (χ4v) is 9.85. The van der Waals surface area contributed by atoms with Gasteiger partial charge >= 0.3 is 0 Å². The van der Waals surface area contributed by atoms with Crippen molar-refractivity contribution in [3.05, 3.63) is 218 Å². The summed E-state index contributed by atoms with van der Waals surface area (Å²) in [5.41, 5.74) is 12.3. The Balaban J connectivity index is 1.26. The first kappa shape index (κ1) is 35.2. The summed E-state index contributed by atoms with van der Waals surface area (Å²) < 4.78 is 7.04. The maximum Gasteiger partial charge on any atom is 0.238 e. The van der Waals surface area contributed by atoms with Crippen LogP contribution < -0.4 is 0 Å². The highest BCUT2D eigenvalue weighted by atomic mass is 15.2. The molecular weight excluding hydrogens is 769 g/mol. The Morgan fingerprint density at radius 1 is 0.270 bits per heavy atom. The van der Waals surface area contributed by atoms with Crippen LogP contribution in [0.1, 0.15) is 0 Å². The predicted molar refractivity (Wildman–Crippen MR) is 259 cm³/mol. The van der Waals surface area contributed by atoms with Crippen LogP contribution >= 0.6 is 0 Å². The van der Waals surface area contributed by atoms with Gasteiger partial charge in [-0.2, -0.15) is 9.97 Å². The van der Waals surface area contributed by atoms with E-state index in [0.29, 0.717) is 17.6 Å². The van der Waals surface area contributed by atoms with Crippen LogP contribution in [0, 0.1) is 0 Å². The quantitative estimate of drug-likeness (QED) is 0.168. The lowest BCUT2D eigenvalue weighted by Crippen LogP contribution is -2.11. The Hall–Kier alpha value is -8.61. The van der Waals surface area contributed by atoms with Crippen molar-refractivity contribution in [1.29, 1.82) is 0 Å². The summed E-state index contributed by atoms with van der Waals surface area (Å²) in [5.74, 6) is 1.69. The van der Waals surface area contributed by atoms with Crippen molar-refractivity contribution >= 4 is 65.4 Å². The molecule has 0 spiro atoms. The molecule has 0 unspecified atom stereocenters. The van der Waals surface area contributed by atoms with Crippen molar-refractivity contribution in [2.45, 2.75) is 0 Å². The third-order valence-electron chi connectivity index (χ3n) is 12.5. The molecular formula is C57H36N6. The average Bonchev–Trinajstić information content (AvgIpc) is 4.00. The van der Waals surface area contributed by atoms with E-state index in [4.69, 9.17) is 15.0 Å². The number of hydrogen-bond acceptors (Lipinski definition) is 3. The van der Waals surface area contributed by atoms with E-state index < -0.39 is 0 Å². The number of nitrogens with zero attached hydrogens (tertiary/aromatic N) is 6. The van der Waals surface area contributed by atoms with E-state index in [-0.39, 0.29) is 0 Å². The topological polar surface area (TPSA) is 53.5 Å². The van der Waals surface area contributed by atoms with E-state index in [1.54, 1.807) is 0 Å². The van der Waals surface area contributed by atoms with Crippen molar-refractivity contribution in [2.24, 2.45) is 0 Å². The molecule has 0 saturated carbocycles. The highest BCUT2D eigenvalue weighted by molar-refractivity contribution is 6.13. The minimum Gasteiger partial charge on any atom is -0.308 e. The molecule has 0 saturated heterocycles. The van der Waals surface area contributed by atoms with Gasteiger partial charge < -0.3 is 9.13 Å². The number of hydrogen-bond donors (Lipinski definition) is 0. The first-order valence-corrected chi connectivity index (χ1v) is 21.3. The minimum absolute atomic E-state index is 0.544. The van der Waals surface area contributed by atoms with Gasteiger partial charge in [-0.1, -0.05) is 176 Å². The number of fused-ring (bicyclic) bond motifs is 9. The molecule has 0 aliphatic rings. The van der Waals surface area contributed by atoms with Gasteiger partial charge in [0.15, 0.2) is 11.6 Å². The van der Waals surface area contributed by atoms with Crippen LogP contribution in [0.5, 0.6) is 0 Å². The van der Waals surface area contributed by atoms with Gasteiger partial charge in [-0.3, -0.25) is 4.57 Å². The Labute approximate surface area is 362 Å². The molecule has 13 aromatic rings. The molecule has 0 aliphatic carbocycles. The van der Waals surface area contributed by atoms with Crippen molar-refractivity contribution in [3.8, 4) is 51.2 Å². The maximum absolute atomic E-state index is 5.68. The molecule has 0 bridgehead atoms. The van der Waals surface area contributed by atoms with Crippen LogP contribution in [-0.4, -0.2) is 28.7 Å². The molecule has 294 valence electrons. The van der Waals surface area contributed by atoms with Crippen LogP contribution in [0.25, 0.3) is 117 Å². The normalized spacial score (nSPS) is 11.8. The van der Waals surface area contributed by atoms with E-state index >= 15 is 0 Å². The van der Waals surface area contributed by atoms with Crippen LogP contribution in [0.15, 0.2) is 218 Å². The Morgan fingerprint density at radius 3 is 1.10 bits per heavy atom. The minimum atomic E-state index is 0.544. The van der Waals surface area contributed by atoms with Gasteiger partial charge in [0.1, 0.15) is 0 Å². The zero-order valence-corrected chi connectivity index (χ0v) is 34.0. The van der Waals surface area contributed by atoms with Crippen LogP contribution in [0.2, 0.25) is 0 Å². The smallest absolute Gasteiger partial charge is 0.238 e. The average molecular weight is 805 g/mol. The lowest BCUT2D eigenvalue weighted by Gasteiger charge is -2.23. The Bertz CT molecular complexity index is 3750. The second-order valence-electron chi connectivity index (χ2n) is 16.0. The van der Waals surface area contributed by atoms with Crippen molar-refractivity contribution in [1.82, 2.24) is 28.7 Å². The number of benzene rings is 9. The number of para-hydroxylation sites is 6. The van der Waals surface area contributed by atoms with Crippen molar-refractivity contribution in [2.75, 3.05) is 0 Å². The molecule has 9 aromatic carbocycles. The van der Waals surface area contributed by atoms with E-state index in [1.165, 1.54) is 21.5 Å². The fourth-order valence-electron chi connectivity index (χ4n) is 9.85. The SMILES string of the molecule is c1ccc(-c2nc(-c3c(-n4c5ccccc5c5ccccc54)ccc(-c4ccccc4)c3-n3c4ccccc4c4ccccc43)nc(-n3c4ccccc4c4ccccc43)n2)cc1. The highest BCUT2D eigenvalue weighted by Crippen LogP contribution is 2.46. The summed E-state index contributed by atoms with van der Waals surface area (Å²) in [6.45, 7) is 0. The standard InChI is InChI=1S/C57H36N6/c1-3-19-37(20-4-1)39-35-36-52(61-46-29-13-7-23-40(46)41-24-8-14-30-47(41)61)53(54(39)62-48-31-15-9-25-42(48)43-26-10-16-32-49(43)62)56-58-55(38-21-5-2-6-22-38)59-57(60-56)63-50-33-17-11-27-44(50)45-28-12-18-34-51(45)63/h1-36H. The third kappa shape index (κ3) is 5.35. The lowest BCUT2D eigenvalue weighted by atomic mass is 9.97. The van der Waals surface area contributed by atoms with Gasteiger partial charge in [0.25, 0.3) is 0 Å². The molecule has 0 aliphatic heterocycles. The molecule has 0 radical (unpaired) electrons. The molecule has 4 heterocycles. The van der Waals surface area contributed by atoms with Gasteiger partial charge in [0.05, 0.1) is 50.0 Å². The molecule has 63 heavy (non-hydrogen) atoms. The van der Waals surface area contributed by atoms with Crippen molar-refractivity contribution in [3.63, 3.8) is 0 Å². The van der Waals surface area contributed by atoms with Gasteiger partial charge in [0.2, 0.25) is 5.95 Å². The lowest BCUT2D eigenvalue weighted by molar-refractivity contribution is 0.949. The largest absolute Gasteiger partial charge is 0.308 e. The second kappa shape index (κ2) is 14.0. The monoisotopic (exact) mass is 804 g/mol. The predicted octanol–water partition coefficient (Wildman–Crippen LogP) is 14.2. The van der Waals surface area contributed by atoms with E-state index in [9.17, 15) is 0 Å². The Morgan fingerprint density at radius 2 is 0.635 bits per heavy atom. The van der Waals surface area contributed by atoms with E-state index in [0.717, 1.165) is 77.5 Å². The highest BCUT2D eigenvalue weighted by Gasteiger charge is 2.28. The van der Waals surface area contributed by atoms with Crippen LogP contribution in [0.4, 0.5) is 0 Å². The van der Waals surface area contributed by atoms with Gasteiger partial charge in [-0.15, -0.1) is 0 Å². The zero-order chi connectivity index (χ0) is 41.4.